The lowest BCUT2D eigenvalue weighted by atomic mass is 10.0. The Hall–Kier alpha value is -0.350. The van der Waals surface area contributed by atoms with Gasteiger partial charge in [0.2, 0.25) is 0 Å². The number of thiophene rings is 1. The Kier molecular flexibility index (Phi) is 2.13. The SMILES string of the molecule is Ic1cccc2c3c(sc12)CCC=C3. The highest BCUT2D eigenvalue weighted by Crippen LogP contribution is 2.37. The third-order valence-electron chi connectivity index (χ3n) is 2.61. The van der Waals surface area contributed by atoms with Gasteiger partial charge < -0.3 is 0 Å². The zero-order chi connectivity index (χ0) is 9.54. The second-order valence-corrected chi connectivity index (χ2v) is 5.76. The van der Waals surface area contributed by atoms with Crippen molar-refractivity contribution in [3.63, 3.8) is 0 Å². The average molecular weight is 312 g/mol. The van der Waals surface area contributed by atoms with Crippen LogP contribution in [-0.4, -0.2) is 0 Å². The summed E-state index contributed by atoms with van der Waals surface area (Å²) in [6.07, 6.45) is 7.00. The Labute approximate surface area is 101 Å². The molecule has 2 aromatic rings. The summed E-state index contributed by atoms with van der Waals surface area (Å²) in [6, 6.07) is 6.58. The van der Waals surface area contributed by atoms with Crippen LogP contribution in [-0.2, 0) is 6.42 Å². The summed E-state index contributed by atoms with van der Waals surface area (Å²) in [4.78, 5) is 1.56. The topological polar surface area (TPSA) is 0 Å². The summed E-state index contributed by atoms with van der Waals surface area (Å²) < 4.78 is 2.84. The molecule has 1 aliphatic carbocycles. The van der Waals surface area contributed by atoms with E-state index >= 15 is 0 Å². The Balaban J connectivity index is 2.43. The first-order valence-corrected chi connectivity index (χ1v) is 6.62. The van der Waals surface area contributed by atoms with E-state index in [4.69, 9.17) is 0 Å². The molecule has 70 valence electrons. The van der Waals surface area contributed by atoms with Gasteiger partial charge >= 0.3 is 0 Å². The van der Waals surface area contributed by atoms with Crippen LogP contribution in [0, 0.1) is 3.57 Å². The van der Waals surface area contributed by atoms with Crippen LogP contribution in [0.25, 0.3) is 16.2 Å². The third-order valence-corrected chi connectivity index (χ3v) is 5.18. The van der Waals surface area contributed by atoms with Crippen molar-refractivity contribution in [3.8, 4) is 0 Å². The van der Waals surface area contributed by atoms with Crippen LogP contribution in [0.15, 0.2) is 24.3 Å². The minimum atomic E-state index is 1.20. The second-order valence-electron chi connectivity index (χ2n) is 3.50. The highest BCUT2D eigenvalue weighted by molar-refractivity contribution is 14.1. The predicted octanol–water partition coefficient (Wildman–Crippen LogP) is 4.47. The van der Waals surface area contributed by atoms with Crippen molar-refractivity contribution >= 4 is 50.1 Å². The van der Waals surface area contributed by atoms with Crippen LogP contribution >= 0.6 is 33.9 Å². The summed E-state index contributed by atoms with van der Waals surface area (Å²) in [7, 11) is 0. The molecule has 0 spiro atoms. The van der Waals surface area contributed by atoms with Crippen molar-refractivity contribution in [3.05, 3.63) is 38.3 Å². The van der Waals surface area contributed by atoms with Crippen molar-refractivity contribution in [1.29, 1.82) is 0 Å². The number of halogens is 1. The number of rotatable bonds is 0. The van der Waals surface area contributed by atoms with E-state index in [0.29, 0.717) is 0 Å². The van der Waals surface area contributed by atoms with E-state index in [0.717, 1.165) is 0 Å². The minimum Gasteiger partial charge on any atom is -0.139 e. The molecule has 1 aromatic carbocycles. The lowest BCUT2D eigenvalue weighted by Gasteiger charge is -2.02. The molecule has 0 amide bonds. The fourth-order valence-corrected chi connectivity index (χ4v) is 3.97. The molecule has 0 radical (unpaired) electrons. The Morgan fingerprint density at radius 3 is 3.14 bits per heavy atom. The normalized spacial score (nSPS) is 14.6. The zero-order valence-corrected chi connectivity index (χ0v) is 10.6. The maximum atomic E-state index is 2.43. The molecule has 0 atom stereocenters. The molecule has 0 fully saturated rings. The quantitative estimate of drug-likeness (QED) is 0.630. The first-order chi connectivity index (χ1) is 6.86. The van der Waals surface area contributed by atoms with E-state index in [1.807, 2.05) is 11.3 Å². The first kappa shape index (κ1) is 8.92. The monoisotopic (exact) mass is 312 g/mol. The summed E-state index contributed by atoms with van der Waals surface area (Å²) in [5, 5.41) is 1.44. The molecular formula is C12H9IS. The number of hydrogen-bond acceptors (Lipinski definition) is 1. The van der Waals surface area contributed by atoms with Crippen molar-refractivity contribution in [2.45, 2.75) is 12.8 Å². The Morgan fingerprint density at radius 2 is 2.21 bits per heavy atom. The molecule has 0 unspecified atom stereocenters. The molecule has 1 aliphatic rings. The van der Waals surface area contributed by atoms with Crippen LogP contribution in [0.3, 0.4) is 0 Å². The highest BCUT2D eigenvalue weighted by atomic mass is 127. The lowest BCUT2D eigenvalue weighted by molar-refractivity contribution is 1.02. The van der Waals surface area contributed by atoms with Gasteiger partial charge in [-0.15, -0.1) is 11.3 Å². The summed E-state index contributed by atoms with van der Waals surface area (Å²) in [5.74, 6) is 0. The number of fused-ring (bicyclic) bond motifs is 3. The molecule has 0 saturated heterocycles. The number of benzene rings is 1. The number of aryl methyl sites for hydroxylation is 1. The van der Waals surface area contributed by atoms with Gasteiger partial charge in [0.1, 0.15) is 0 Å². The van der Waals surface area contributed by atoms with Crippen molar-refractivity contribution < 1.29 is 0 Å². The molecule has 14 heavy (non-hydrogen) atoms. The minimum absolute atomic E-state index is 1.20. The fraction of sp³-hybridized carbons (Fsp3) is 0.167. The van der Waals surface area contributed by atoms with E-state index in [1.165, 1.54) is 32.1 Å². The molecule has 0 aliphatic heterocycles. The number of allylic oxidation sites excluding steroid dienone is 1. The second kappa shape index (κ2) is 3.35. The van der Waals surface area contributed by atoms with Gasteiger partial charge in [-0.05, 0) is 47.1 Å². The van der Waals surface area contributed by atoms with Gasteiger partial charge in [-0.1, -0.05) is 24.3 Å². The van der Waals surface area contributed by atoms with Crippen LogP contribution in [0.2, 0.25) is 0 Å². The molecule has 0 N–H and O–H groups in total. The largest absolute Gasteiger partial charge is 0.139 e. The predicted molar refractivity (Wildman–Crippen MR) is 71.9 cm³/mol. The maximum absolute atomic E-state index is 2.43. The Morgan fingerprint density at radius 1 is 1.29 bits per heavy atom. The fourth-order valence-electron chi connectivity index (χ4n) is 1.94. The number of hydrogen-bond donors (Lipinski definition) is 0. The average Bonchev–Trinajstić information content (AvgIpc) is 2.59. The lowest BCUT2D eigenvalue weighted by Crippen LogP contribution is -1.86. The zero-order valence-electron chi connectivity index (χ0n) is 7.59. The van der Waals surface area contributed by atoms with E-state index < -0.39 is 0 Å². The third kappa shape index (κ3) is 1.24. The van der Waals surface area contributed by atoms with E-state index in [9.17, 15) is 0 Å². The standard InChI is InChI=1S/C12H9IS/c13-10-6-3-5-9-8-4-1-2-7-11(8)14-12(9)10/h1,3-6H,2,7H2. The van der Waals surface area contributed by atoms with Gasteiger partial charge in [-0.25, -0.2) is 0 Å². The molecule has 0 saturated carbocycles. The smallest absolute Gasteiger partial charge is 0.0485 e. The van der Waals surface area contributed by atoms with Crippen molar-refractivity contribution in [2.24, 2.45) is 0 Å². The van der Waals surface area contributed by atoms with Crippen LogP contribution in [0.4, 0.5) is 0 Å². The van der Waals surface area contributed by atoms with Gasteiger partial charge in [0.25, 0.3) is 0 Å². The van der Waals surface area contributed by atoms with Crippen LogP contribution in [0.5, 0.6) is 0 Å². The van der Waals surface area contributed by atoms with E-state index in [-0.39, 0.29) is 0 Å². The van der Waals surface area contributed by atoms with E-state index in [2.05, 4.69) is 52.9 Å². The van der Waals surface area contributed by atoms with Crippen molar-refractivity contribution in [2.75, 3.05) is 0 Å². The molecular weight excluding hydrogens is 303 g/mol. The molecule has 0 bridgehead atoms. The summed E-state index contributed by atoms with van der Waals surface area (Å²) in [6.45, 7) is 0. The van der Waals surface area contributed by atoms with E-state index in [1.54, 1.807) is 4.88 Å². The molecule has 0 nitrogen and oxygen atoms in total. The summed E-state index contributed by atoms with van der Waals surface area (Å²) >= 11 is 4.40. The first-order valence-electron chi connectivity index (χ1n) is 4.73. The van der Waals surface area contributed by atoms with Crippen LogP contribution < -0.4 is 0 Å². The van der Waals surface area contributed by atoms with Gasteiger partial charge in [-0.2, -0.15) is 0 Å². The molecule has 3 rings (SSSR count). The Bertz CT molecular complexity index is 522. The summed E-state index contributed by atoms with van der Waals surface area (Å²) in [5.41, 5.74) is 1.47. The highest BCUT2D eigenvalue weighted by Gasteiger charge is 2.13. The maximum Gasteiger partial charge on any atom is 0.0485 e. The van der Waals surface area contributed by atoms with Gasteiger partial charge in [-0.3, -0.25) is 0 Å². The molecule has 2 heteroatoms. The van der Waals surface area contributed by atoms with Crippen molar-refractivity contribution in [1.82, 2.24) is 0 Å². The molecule has 1 aromatic heterocycles. The van der Waals surface area contributed by atoms with Gasteiger partial charge in [0.15, 0.2) is 0 Å². The van der Waals surface area contributed by atoms with Gasteiger partial charge in [0, 0.05) is 18.5 Å². The van der Waals surface area contributed by atoms with Crippen LogP contribution in [0.1, 0.15) is 16.9 Å². The molecule has 1 heterocycles. The van der Waals surface area contributed by atoms with Gasteiger partial charge in [0.05, 0.1) is 0 Å².